The van der Waals surface area contributed by atoms with Gasteiger partial charge in [-0.3, -0.25) is 0 Å². The van der Waals surface area contributed by atoms with Gasteiger partial charge in [0.2, 0.25) is 0 Å². The number of nitrogen functional groups attached to an aromatic ring is 1. The minimum atomic E-state index is 0.682. The lowest BCUT2D eigenvalue weighted by Gasteiger charge is -2.13. The Morgan fingerprint density at radius 1 is 1.40 bits per heavy atom. The van der Waals surface area contributed by atoms with Crippen LogP contribution in [-0.4, -0.2) is 18.6 Å². The second-order valence-electron chi connectivity index (χ2n) is 4.07. The molecule has 84 valence electrons. The van der Waals surface area contributed by atoms with Crippen molar-refractivity contribution in [3.63, 3.8) is 0 Å². The Bertz CT molecular complexity index is 292. The van der Waals surface area contributed by atoms with E-state index in [2.05, 4.69) is 31.5 Å². The summed E-state index contributed by atoms with van der Waals surface area (Å²) in [5.74, 6) is 1.87. The van der Waals surface area contributed by atoms with Crippen molar-refractivity contribution in [2.24, 2.45) is 5.92 Å². The van der Waals surface area contributed by atoms with Crippen molar-refractivity contribution in [2.75, 3.05) is 29.6 Å². The molecule has 1 atom stereocenters. The van der Waals surface area contributed by atoms with E-state index in [0.29, 0.717) is 5.92 Å². The molecule has 1 aromatic rings. The molecule has 0 aliphatic carbocycles. The molecule has 0 radical (unpaired) electrons. The van der Waals surface area contributed by atoms with E-state index < -0.39 is 0 Å². The van der Waals surface area contributed by atoms with Gasteiger partial charge < -0.3 is 11.1 Å². The van der Waals surface area contributed by atoms with Gasteiger partial charge >= 0.3 is 0 Å². The zero-order valence-electron chi connectivity index (χ0n) is 9.71. The van der Waals surface area contributed by atoms with Crippen molar-refractivity contribution in [3.8, 4) is 0 Å². The number of nitrogens with one attached hydrogen (secondary N) is 1. The molecule has 2 nitrogen and oxygen atoms in total. The monoisotopic (exact) mass is 224 g/mol. The molecule has 0 amide bonds. The van der Waals surface area contributed by atoms with Gasteiger partial charge in [0.15, 0.2) is 0 Å². The first-order chi connectivity index (χ1) is 7.11. The zero-order chi connectivity index (χ0) is 11.3. The summed E-state index contributed by atoms with van der Waals surface area (Å²) in [7, 11) is 0. The maximum absolute atomic E-state index is 5.78. The topological polar surface area (TPSA) is 38.0 Å². The van der Waals surface area contributed by atoms with Crippen molar-refractivity contribution in [1.82, 2.24) is 0 Å². The molecule has 1 aromatic carbocycles. The van der Waals surface area contributed by atoms with E-state index in [-0.39, 0.29) is 0 Å². The number of rotatable bonds is 5. The minimum Gasteiger partial charge on any atom is -0.399 e. The lowest BCUT2D eigenvalue weighted by atomic mass is 10.1. The molecule has 0 heterocycles. The molecule has 3 N–H and O–H groups in total. The second kappa shape index (κ2) is 5.91. The Balaban J connectivity index is 2.50. The van der Waals surface area contributed by atoms with E-state index in [1.54, 1.807) is 0 Å². The standard InChI is InChI=1S/C12H20N2S/c1-9-4-11(13)6-12(5-9)14-7-10(2)8-15-3/h4-6,10,14H,7-8,13H2,1-3H3. The van der Waals surface area contributed by atoms with Crippen LogP contribution < -0.4 is 11.1 Å². The third kappa shape index (κ3) is 4.47. The number of anilines is 2. The van der Waals surface area contributed by atoms with Crippen LogP contribution in [0, 0.1) is 12.8 Å². The molecular weight excluding hydrogens is 204 g/mol. The first-order valence-electron chi connectivity index (χ1n) is 5.22. The van der Waals surface area contributed by atoms with Gasteiger partial charge in [0.1, 0.15) is 0 Å². The van der Waals surface area contributed by atoms with Crippen LogP contribution >= 0.6 is 11.8 Å². The number of hydrogen-bond acceptors (Lipinski definition) is 3. The molecule has 0 aliphatic heterocycles. The van der Waals surface area contributed by atoms with Gasteiger partial charge in [-0.25, -0.2) is 0 Å². The van der Waals surface area contributed by atoms with Gasteiger partial charge in [-0.2, -0.15) is 11.8 Å². The largest absolute Gasteiger partial charge is 0.399 e. The van der Waals surface area contributed by atoms with Gasteiger partial charge in [0.25, 0.3) is 0 Å². The fraction of sp³-hybridized carbons (Fsp3) is 0.500. The number of aryl methyl sites for hydroxylation is 1. The lowest BCUT2D eigenvalue weighted by Crippen LogP contribution is -2.13. The summed E-state index contributed by atoms with van der Waals surface area (Å²) < 4.78 is 0. The summed E-state index contributed by atoms with van der Waals surface area (Å²) in [5.41, 5.74) is 8.94. The fourth-order valence-electron chi connectivity index (χ4n) is 1.55. The molecule has 1 rings (SSSR count). The van der Waals surface area contributed by atoms with Gasteiger partial charge in [0, 0.05) is 17.9 Å². The van der Waals surface area contributed by atoms with Crippen molar-refractivity contribution < 1.29 is 0 Å². The van der Waals surface area contributed by atoms with Crippen LogP contribution in [0.1, 0.15) is 12.5 Å². The van der Waals surface area contributed by atoms with Crippen LogP contribution in [0.25, 0.3) is 0 Å². The molecular formula is C12H20N2S. The zero-order valence-corrected chi connectivity index (χ0v) is 10.5. The van der Waals surface area contributed by atoms with E-state index in [9.17, 15) is 0 Å². The van der Waals surface area contributed by atoms with Crippen LogP contribution in [0.4, 0.5) is 11.4 Å². The summed E-state index contributed by atoms with van der Waals surface area (Å²) in [5, 5.41) is 3.42. The third-order valence-electron chi connectivity index (χ3n) is 2.21. The van der Waals surface area contributed by atoms with E-state index >= 15 is 0 Å². The smallest absolute Gasteiger partial charge is 0.0363 e. The Hall–Kier alpha value is -0.830. The number of benzene rings is 1. The Kier molecular flexibility index (Phi) is 4.82. The van der Waals surface area contributed by atoms with Crippen LogP contribution in [0.2, 0.25) is 0 Å². The average Bonchev–Trinajstić information content (AvgIpc) is 2.14. The Morgan fingerprint density at radius 3 is 2.73 bits per heavy atom. The predicted octanol–water partition coefficient (Wildman–Crippen LogP) is 2.99. The highest BCUT2D eigenvalue weighted by molar-refractivity contribution is 7.98. The molecule has 0 saturated carbocycles. The number of hydrogen-bond donors (Lipinski definition) is 2. The molecule has 1 unspecified atom stereocenters. The highest BCUT2D eigenvalue weighted by Gasteiger charge is 2.01. The highest BCUT2D eigenvalue weighted by atomic mass is 32.2. The SMILES string of the molecule is CSCC(C)CNc1cc(C)cc(N)c1. The number of nitrogens with two attached hydrogens (primary N) is 1. The predicted molar refractivity (Wildman–Crippen MR) is 71.6 cm³/mol. The van der Waals surface area contributed by atoms with Gasteiger partial charge in [0.05, 0.1) is 0 Å². The van der Waals surface area contributed by atoms with Crippen LogP contribution in [0.15, 0.2) is 18.2 Å². The quantitative estimate of drug-likeness (QED) is 0.755. The van der Waals surface area contributed by atoms with Gasteiger partial charge in [-0.1, -0.05) is 6.92 Å². The van der Waals surface area contributed by atoms with Crippen molar-refractivity contribution in [2.45, 2.75) is 13.8 Å². The van der Waals surface area contributed by atoms with E-state index in [1.807, 2.05) is 23.9 Å². The average molecular weight is 224 g/mol. The van der Waals surface area contributed by atoms with Crippen LogP contribution in [0.5, 0.6) is 0 Å². The summed E-state index contributed by atoms with van der Waals surface area (Å²) in [6.07, 6.45) is 2.14. The number of thioether (sulfide) groups is 1. The molecule has 15 heavy (non-hydrogen) atoms. The molecule has 0 spiro atoms. The maximum atomic E-state index is 5.78. The van der Waals surface area contributed by atoms with Gasteiger partial charge in [-0.05, 0) is 48.6 Å². The molecule has 0 bridgehead atoms. The molecule has 0 aromatic heterocycles. The Labute approximate surface area is 96.6 Å². The van der Waals surface area contributed by atoms with Crippen LogP contribution in [-0.2, 0) is 0 Å². The summed E-state index contributed by atoms with van der Waals surface area (Å²) in [6.45, 7) is 5.32. The molecule has 0 saturated heterocycles. The fourth-order valence-corrected chi connectivity index (χ4v) is 2.24. The Morgan fingerprint density at radius 2 is 2.13 bits per heavy atom. The molecule has 0 aliphatic rings. The molecule has 3 heteroatoms. The second-order valence-corrected chi connectivity index (χ2v) is 4.98. The van der Waals surface area contributed by atoms with Gasteiger partial charge in [-0.15, -0.1) is 0 Å². The normalized spacial score (nSPS) is 12.5. The third-order valence-corrected chi connectivity index (χ3v) is 3.11. The van der Waals surface area contributed by atoms with E-state index in [1.165, 1.54) is 11.3 Å². The van der Waals surface area contributed by atoms with E-state index in [4.69, 9.17) is 5.73 Å². The maximum Gasteiger partial charge on any atom is 0.0363 e. The first kappa shape index (κ1) is 12.2. The van der Waals surface area contributed by atoms with Crippen molar-refractivity contribution >= 4 is 23.1 Å². The summed E-state index contributed by atoms with van der Waals surface area (Å²) >= 11 is 1.89. The minimum absolute atomic E-state index is 0.682. The first-order valence-corrected chi connectivity index (χ1v) is 6.61. The van der Waals surface area contributed by atoms with Crippen LogP contribution in [0.3, 0.4) is 0 Å². The highest BCUT2D eigenvalue weighted by Crippen LogP contribution is 2.16. The molecule has 0 fully saturated rings. The van der Waals surface area contributed by atoms with Crippen molar-refractivity contribution in [3.05, 3.63) is 23.8 Å². The summed E-state index contributed by atoms with van der Waals surface area (Å²) in [6, 6.07) is 6.09. The van der Waals surface area contributed by atoms with E-state index in [0.717, 1.165) is 17.9 Å². The summed E-state index contributed by atoms with van der Waals surface area (Å²) in [4.78, 5) is 0. The van der Waals surface area contributed by atoms with Crippen molar-refractivity contribution in [1.29, 1.82) is 0 Å². The lowest BCUT2D eigenvalue weighted by molar-refractivity contribution is 0.701.